The Kier molecular flexibility index (Phi) is 1.20. The van der Waals surface area contributed by atoms with Crippen LogP contribution < -0.4 is 0 Å². The summed E-state index contributed by atoms with van der Waals surface area (Å²) in [5, 5.41) is 5.71. The zero-order valence-corrected chi connectivity index (χ0v) is 8.33. The second-order valence-electron chi connectivity index (χ2n) is 4.23. The Labute approximate surface area is 88.2 Å². The van der Waals surface area contributed by atoms with E-state index in [4.69, 9.17) is 0 Å². The van der Waals surface area contributed by atoms with Crippen molar-refractivity contribution in [3.05, 3.63) is 59.7 Å². The van der Waals surface area contributed by atoms with Crippen molar-refractivity contribution in [2.24, 2.45) is 0 Å². The minimum atomic E-state index is 1.19. The van der Waals surface area contributed by atoms with Crippen LogP contribution in [-0.4, -0.2) is 0 Å². The molecule has 0 bridgehead atoms. The minimum Gasteiger partial charge on any atom is -0.0616 e. The van der Waals surface area contributed by atoms with Crippen molar-refractivity contribution in [1.29, 1.82) is 0 Å². The van der Waals surface area contributed by atoms with E-state index in [2.05, 4.69) is 48.5 Å². The van der Waals surface area contributed by atoms with Crippen molar-refractivity contribution in [3.63, 3.8) is 0 Å². The van der Waals surface area contributed by atoms with Crippen molar-refractivity contribution in [2.45, 2.75) is 6.42 Å². The van der Waals surface area contributed by atoms with Gasteiger partial charge in [-0.25, -0.2) is 0 Å². The molecule has 0 N–H and O–H groups in total. The summed E-state index contributed by atoms with van der Waals surface area (Å²) in [6, 6.07) is 17.5. The lowest BCUT2D eigenvalue weighted by Gasteiger charge is -2.01. The Morgan fingerprint density at radius 1 is 0.533 bits per heavy atom. The maximum atomic E-state index is 2.24. The second-order valence-corrected chi connectivity index (χ2v) is 4.23. The van der Waals surface area contributed by atoms with Crippen molar-refractivity contribution in [1.82, 2.24) is 0 Å². The number of fused-ring (bicyclic) bond motifs is 6. The third kappa shape index (κ3) is 0.866. The quantitative estimate of drug-likeness (QED) is 0.369. The Morgan fingerprint density at radius 2 is 0.933 bits per heavy atom. The van der Waals surface area contributed by atoms with Gasteiger partial charge < -0.3 is 0 Å². The van der Waals surface area contributed by atoms with Gasteiger partial charge in [-0.15, -0.1) is 0 Å². The van der Waals surface area contributed by atoms with Crippen LogP contribution in [0, 0.1) is 0 Å². The summed E-state index contributed by atoms with van der Waals surface area (Å²) in [7, 11) is 0. The summed E-state index contributed by atoms with van der Waals surface area (Å²) in [5.74, 6) is 0. The fourth-order valence-corrected chi connectivity index (χ4v) is 2.61. The maximum absolute atomic E-state index is 2.24. The summed E-state index contributed by atoms with van der Waals surface area (Å²) in [6.07, 6.45) is 1.19. The van der Waals surface area contributed by atoms with E-state index >= 15 is 0 Å². The predicted molar refractivity (Wildman–Crippen MR) is 64.3 cm³/mol. The summed E-state index contributed by atoms with van der Waals surface area (Å²) in [5.41, 5.74) is 3.12. The highest BCUT2D eigenvalue weighted by Gasteiger charge is 2.23. The Balaban J connectivity index is 2.39. The third-order valence-corrected chi connectivity index (χ3v) is 3.39. The number of hydrogen-bond acceptors (Lipinski definition) is 0. The van der Waals surface area contributed by atoms with E-state index < -0.39 is 0 Å². The lowest BCUT2D eigenvalue weighted by molar-refractivity contribution is 1.63. The molecule has 70 valence electrons. The molecule has 0 spiro atoms. The van der Waals surface area contributed by atoms with Gasteiger partial charge in [0.15, 0.2) is 0 Å². The second kappa shape index (κ2) is 2.40. The van der Waals surface area contributed by atoms with Crippen molar-refractivity contribution in [2.75, 3.05) is 0 Å². The van der Waals surface area contributed by atoms with Gasteiger partial charge in [0.2, 0.25) is 0 Å². The highest BCUT2D eigenvalue weighted by atomic mass is 14.3. The van der Waals surface area contributed by atoms with Gasteiger partial charge in [-0.3, -0.25) is 0 Å². The fraction of sp³-hybridized carbons (Fsp3) is 0.0667. The van der Waals surface area contributed by atoms with Crippen molar-refractivity contribution >= 4 is 21.5 Å². The average molecular weight is 190 g/mol. The first-order valence-electron chi connectivity index (χ1n) is 5.36. The Morgan fingerprint density at radius 3 is 1.40 bits per heavy atom. The zero-order valence-electron chi connectivity index (χ0n) is 8.33. The monoisotopic (exact) mass is 190 g/mol. The van der Waals surface area contributed by atoms with Crippen LogP contribution in [0.4, 0.5) is 0 Å². The van der Waals surface area contributed by atoms with E-state index in [1.165, 1.54) is 28.0 Å². The van der Waals surface area contributed by atoms with Crippen LogP contribution in [0.25, 0.3) is 21.5 Å². The van der Waals surface area contributed by atoms with E-state index in [-0.39, 0.29) is 0 Å². The van der Waals surface area contributed by atoms with Crippen LogP contribution in [-0.2, 0) is 6.42 Å². The Bertz CT molecular complexity index is 632. The lowest BCUT2D eigenvalue weighted by atomic mass is 10.0. The molecule has 0 aromatic heterocycles. The van der Waals surface area contributed by atoms with E-state index in [0.717, 1.165) is 0 Å². The molecule has 0 radical (unpaired) electrons. The summed E-state index contributed by atoms with van der Waals surface area (Å²) in [4.78, 5) is 0. The number of hydrogen-bond donors (Lipinski definition) is 0. The molecule has 0 fully saturated rings. The molecule has 0 unspecified atom stereocenters. The molecular weight excluding hydrogens is 180 g/mol. The molecule has 1 aliphatic carbocycles. The maximum Gasteiger partial charge on any atom is -0.000730 e. The minimum absolute atomic E-state index is 1.19. The van der Waals surface area contributed by atoms with Gasteiger partial charge in [-0.2, -0.15) is 0 Å². The van der Waals surface area contributed by atoms with Gasteiger partial charge in [0.05, 0.1) is 0 Å². The van der Waals surface area contributed by atoms with Gasteiger partial charge in [-0.05, 0) is 39.1 Å². The van der Waals surface area contributed by atoms with Crippen molar-refractivity contribution < 1.29 is 0 Å². The SMILES string of the molecule is c1ccc2c(c1)c1c(c3ccccc32)C1. The van der Waals surface area contributed by atoms with E-state index in [1.54, 1.807) is 11.1 Å². The molecule has 0 aliphatic heterocycles. The highest BCUT2D eigenvalue weighted by molar-refractivity contribution is 6.13. The zero-order chi connectivity index (χ0) is 9.83. The van der Waals surface area contributed by atoms with E-state index in [0.29, 0.717) is 0 Å². The molecule has 0 nitrogen and oxygen atoms in total. The van der Waals surface area contributed by atoms with Crippen LogP contribution in [0.2, 0.25) is 0 Å². The third-order valence-electron chi connectivity index (χ3n) is 3.39. The standard InChI is InChI=1S/C15H10/c1-3-7-12-10(5-1)11-6-2-4-8-13(11)15-9-14(12)15/h1-8H,9H2. The van der Waals surface area contributed by atoms with Crippen LogP contribution >= 0.6 is 0 Å². The summed E-state index contributed by atoms with van der Waals surface area (Å²) >= 11 is 0. The normalized spacial score (nSPS) is 13.1. The van der Waals surface area contributed by atoms with E-state index in [9.17, 15) is 0 Å². The number of rotatable bonds is 0. The molecule has 1 aliphatic rings. The molecule has 0 saturated heterocycles. The van der Waals surface area contributed by atoms with Gasteiger partial charge in [0, 0.05) is 0 Å². The topological polar surface area (TPSA) is 0 Å². The molecule has 3 aromatic rings. The molecule has 0 heteroatoms. The molecule has 0 amide bonds. The first kappa shape index (κ1) is 7.47. The van der Waals surface area contributed by atoms with Crippen molar-refractivity contribution in [3.8, 4) is 0 Å². The first-order chi connectivity index (χ1) is 7.45. The predicted octanol–water partition coefficient (Wildman–Crippen LogP) is 3.90. The highest BCUT2D eigenvalue weighted by Crippen LogP contribution is 2.42. The molecule has 3 aromatic carbocycles. The van der Waals surface area contributed by atoms with Crippen LogP contribution in [0.5, 0.6) is 0 Å². The van der Waals surface area contributed by atoms with Crippen LogP contribution in [0.15, 0.2) is 48.5 Å². The van der Waals surface area contributed by atoms with Gasteiger partial charge in [0.25, 0.3) is 0 Å². The summed E-state index contributed by atoms with van der Waals surface area (Å²) in [6.45, 7) is 0. The van der Waals surface area contributed by atoms with Gasteiger partial charge in [-0.1, -0.05) is 48.5 Å². The molecule has 15 heavy (non-hydrogen) atoms. The van der Waals surface area contributed by atoms with E-state index in [1.807, 2.05) is 0 Å². The first-order valence-corrected chi connectivity index (χ1v) is 5.36. The van der Waals surface area contributed by atoms with Crippen LogP contribution in [0.1, 0.15) is 11.1 Å². The molecule has 0 saturated carbocycles. The van der Waals surface area contributed by atoms with Crippen LogP contribution in [0.3, 0.4) is 0 Å². The summed E-state index contributed by atoms with van der Waals surface area (Å²) < 4.78 is 0. The molecule has 0 atom stereocenters. The fourth-order valence-electron chi connectivity index (χ4n) is 2.61. The molecule has 0 heterocycles. The average Bonchev–Trinajstić information content (AvgIpc) is 3.10. The molecule has 4 rings (SSSR count). The Hall–Kier alpha value is -1.82. The van der Waals surface area contributed by atoms with Gasteiger partial charge >= 0.3 is 0 Å². The largest absolute Gasteiger partial charge is 0.0616 e. The molecular formula is C15H10. The number of benzene rings is 3. The lowest BCUT2D eigenvalue weighted by Crippen LogP contribution is -1.75. The smallest absolute Gasteiger partial charge is 0.000730 e. The van der Waals surface area contributed by atoms with Gasteiger partial charge in [0.1, 0.15) is 0 Å².